The van der Waals surface area contributed by atoms with Gasteiger partial charge in [0.1, 0.15) is 12.4 Å². The van der Waals surface area contributed by atoms with Gasteiger partial charge in [-0.25, -0.2) is 0 Å². The second-order valence-electron chi connectivity index (χ2n) is 7.04. The maximum atomic E-state index is 12.5. The van der Waals surface area contributed by atoms with Gasteiger partial charge in [-0.1, -0.05) is 23.7 Å². The van der Waals surface area contributed by atoms with E-state index in [2.05, 4.69) is 10.3 Å². The van der Waals surface area contributed by atoms with E-state index in [1.54, 1.807) is 32.5 Å². The molecule has 162 valence electrons. The lowest BCUT2D eigenvalue weighted by atomic mass is 10.2. The van der Waals surface area contributed by atoms with Gasteiger partial charge in [-0.3, -0.25) is 9.78 Å². The van der Waals surface area contributed by atoms with Gasteiger partial charge in [0.05, 0.1) is 12.1 Å². The number of aromatic nitrogens is 1. The molecule has 7 heteroatoms. The Labute approximate surface area is 187 Å². The molecule has 0 bridgehead atoms. The highest BCUT2D eigenvalue weighted by molar-refractivity contribution is 6.32. The zero-order chi connectivity index (χ0) is 22.2. The second kappa shape index (κ2) is 10.7. The minimum Gasteiger partial charge on any atom is -0.493 e. The van der Waals surface area contributed by atoms with Crippen LogP contribution >= 0.6 is 11.6 Å². The fourth-order valence-corrected chi connectivity index (χ4v) is 3.02. The zero-order valence-corrected chi connectivity index (χ0v) is 18.5. The van der Waals surface area contributed by atoms with E-state index in [4.69, 9.17) is 25.8 Å². The smallest absolute Gasteiger partial charge is 0.261 e. The summed E-state index contributed by atoms with van der Waals surface area (Å²) < 4.78 is 17.0. The van der Waals surface area contributed by atoms with E-state index in [0.29, 0.717) is 35.4 Å². The highest BCUT2D eigenvalue weighted by Gasteiger charge is 2.16. The van der Waals surface area contributed by atoms with Crippen LogP contribution < -0.4 is 19.5 Å². The van der Waals surface area contributed by atoms with E-state index >= 15 is 0 Å². The molecule has 1 aromatic heterocycles. The Morgan fingerprint density at radius 3 is 2.55 bits per heavy atom. The van der Waals surface area contributed by atoms with Gasteiger partial charge in [-0.2, -0.15) is 0 Å². The molecule has 0 fully saturated rings. The van der Waals surface area contributed by atoms with Crippen LogP contribution in [-0.4, -0.2) is 24.1 Å². The molecule has 3 aromatic rings. The lowest BCUT2D eigenvalue weighted by molar-refractivity contribution is -0.127. The average Bonchev–Trinajstić information content (AvgIpc) is 2.79. The van der Waals surface area contributed by atoms with E-state index in [1.165, 1.54) is 0 Å². The summed E-state index contributed by atoms with van der Waals surface area (Å²) in [6.07, 6.45) is 2.75. The van der Waals surface area contributed by atoms with Crippen LogP contribution in [0.25, 0.3) is 0 Å². The number of ether oxygens (including phenoxy) is 3. The number of nitrogens with one attached hydrogen (secondary N) is 1. The molecular formula is C24H25ClN2O4. The number of nitrogens with zero attached hydrogens (tertiary/aromatic N) is 1. The molecule has 1 N–H and O–H groups in total. The highest BCUT2D eigenvalue weighted by Crippen LogP contribution is 2.29. The molecule has 1 unspecified atom stereocenters. The molecule has 3 rings (SSSR count). The van der Waals surface area contributed by atoms with Gasteiger partial charge < -0.3 is 19.5 Å². The van der Waals surface area contributed by atoms with E-state index < -0.39 is 6.10 Å². The van der Waals surface area contributed by atoms with Crippen molar-refractivity contribution in [2.45, 2.75) is 33.1 Å². The molecule has 1 heterocycles. The van der Waals surface area contributed by atoms with E-state index in [9.17, 15) is 4.79 Å². The van der Waals surface area contributed by atoms with E-state index in [1.807, 2.05) is 49.4 Å². The van der Waals surface area contributed by atoms with Gasteiger partial charge in [0.15, 0.2) is 17.6 Å². The molecule has 1 amide bonds. The normalized spacial score (nSPS) is 11.5. The number of pyridine rings is 1. The summed E-state index contributed by atoms with van der Waals surface area (Å²) >= 11 is 6.15. The molecule has 0 aliphatic rings. The van der Waals surface area contributed by atoms with Crippen LogP contribution in [0.1, 0.15) is 23.6 Å². The van der Waals surface area contributed by atoms with Gasteiger partial charge in [-0.15, -0.1) is 0 Å². The summed E-state index contributed by atoms with van der Waals surface area (Å²) in [6.45, 7) is 4.36. The Bertz CT molecular complexity index is 1030. The summed E-state index contributed by atoms with van der Waals surface area (Å²) in [5, 5.41) is 3.34. The molecule has 0 aliphatic heterocycles. The number of halogens is 1. The minimum atomic E-state index is -0.691. The molecule has 0 spiro atoms. The first kappa shape index (κ1) is 22.4. The van der Waals surface area contributed by atoms with Gasteiger partial charge >= 0.3 is 0 Å². The lowest BCUT2D eigenvalue weighted by Gasteiger charge is -2.17. The summed E-state index contributed by atoms with van der Waals surface area (Å²) in [6, 6.07) is 14.8. The zero-order valence-electron chi connectivity index (χ0n) is 17.7. The summed E-state index contributed by atoms with van der Waals surface area (Å²) in [4.78, 5) is 16.5. The Morgan fingerprint density at radius 1 is 1.03 bits per heavy atom. The number of amides is 1. The molecule has 2 aromatic carbocycles. The monoisotopic (exact) mass is 440 g/mol. The SMILES string of the molecule is COc1cc(CNC(=O)C(C)Oc2cc(C)ccc2Cl)ccc1OCc1ccncc1. The van der Waals surface area contributed by atoms with Gasteiger partial charge in [0.2, 0.25) is 0 Å². The summed E-state index contributed by atoms with van der Waals surface area (Å²) in [5.41, 5.74) is 2.89. The first-order valence-electron chi connectivity index (χ1n) is 9.85. The Kier molecular flexibility index (Phi) is 7.73. The van der Waals surface area contributed by atoms with Gasteiger partial charge in [0.25, 0.3) is 5.91 Å². The predicted molar refractivity (Wildman–Crippen MR) is 120 cm³/mol. The molecule has 31 heavy (non-hydrogen) atoms. The number of hydrogen-bond donors (Lipinski definition) is 1. The van der Waals surface area contributed by atoms with Crippen LogP contribution in [0.3, 0.4) is 0 Å². The number of hydrogen-bond acceptors (Lipinski definition) is 5. The second-order valence-corrected chi connectivity index (χ2v) is 7.45. The maximum Gasteiger partial charge on any atom is 0.261 e. The number of benzene rings is 2. The largest absolute Gasteiger partial charge is 0.493 e. The Morgan fingerprint density at radius 2 is 1.81 bits per heavy atom. The van der Waals surface area contributed by atoms with Crippen LogP contribution in [0.2, 0.25) is 5.02 Å². The first-order valence-corrected chi connectivity index (χ1v) is 10.2. The van der Waals surface area contributed by atoms with Crippen LogP contribution in [-0.2, 0) is 17.9 Å². The van der Waals surface area contributed by atoms with Crippen molar-refractivity contribution in [2.24, 2.45) is 0 Å². The minimum absolute atomic E-state index is 0.241. The third-order valence-electron chi connectivity index (χ3n) is 4.60. The third kappa shape index (κ3) is 6.36. The van der Waals surface area contributed by atoms with E-state index in [0.717, 1.165) is 16.7 Å². The molecule has 0 saturated heterocycles. The molecular weight excluding hydrogens is 416 g/mol. The van der Waals surface area contributed by atoms with Crippen molar-refractivity contribution in [2.75, 3.05) is 7.11 Å². The number of aryl methyl sites for hydroxylation is 1. The molecule has 1 atom stereocenters. The van der Waals surface area contributed by atoms with Crippen molar-refractivity contribution < 1.29 is 19.0 Å². The number of carbonyl (C=O) groups is 1. The molecule has 0 saturated carbocycles. The average molecular weight is 441 g/mol. The maximum absolute atomic E-state index is 12.5. The molecule has 6 nitrogen and oxygen atoms in total. The quantitative estimate of drug-likeness (QED) is 0.521. The topological polar surface area (TPSA) is 69.7 Å². The highest BCUT2D eigenvalue weighted by atomic mass is 35.5. The lowest BCUT2D eigenvalue weighted by Crippen LogP contribution is -2.36. The third-order valence-corrected chi connectivity index (χ3v) is 4.91. The fraction of sp³-hybridized carbons (Fsp3) is 0.250. The van der Waals surface area contributed by atoms with Crippen molar-refractivity contribution in [1.29, 1.82) is 0 Å². The van der Waals surface area contributed by atoms with Crippen molar-refractivity contribution in [1.82, 2.24) is 10.3 Å². The van der Waals surface area contributed by atoms with Crippen LogP contribution in [0, 0.1) is 6.92 Å². The molecule has 0 aliphatic carbocycles. The van der Waals surface area contributed by atoms with Crippen LogP contribution in [0.5, 0.6) is 17.2 Å². The Hall–Kier alpha value is -3.25. The summed E-state index contributed by atoms with van der Waals surface area (Å²) in [7, 11) is 1.58. The Balaban J connectivity index is 1.56. The van der Waals surface area contributed by atoms with E-state index in [-0.39, 0.29) is 5.91 Å². The first-order chi connectivity index (χ1) is 15.0. The number of carbonyl (C=O) groups excluding carboxylic acids is 1. The van der Waals surface area contributed by atoms with Crippen LogP contribution in [0.15, 0.2) is 60.9 Å². The van der Waals surface area contributed by atoms with Crippen molar-refractivity contribution in [3.8, 4) is 17.2 Å². The molecule has 0 radical (unpaired) electrons. The standard InChI is InChI=1S/C24H25ClN2O4/c1-16-4-6-20(25)22(12-16)31-17(2)24(28)27-14-19-5-7-21(23(13-19)29-3)30-15-18-8-10-26-11-9-18/h4-13,17H,14-15H2,1-3H3,(H,27,28). The van der Waals surface area contributed by atoms with Crippen molar-refractivity contribution in [3.05, 3.63) is 82.6 Å². The predicted octanol–water partition coefficient (Wildman–Crippen LogP) is 4.71. The van der Waals surface area contributed by atoms with Crippen molar-refractivity contribution >= 4 is 17.5 Å². The fourth-order valence-electron chi connectivity index (χ4n) is 2.86. The van der Waals surface area contributed by atoms with Gasteiger partial charge in [0, 0.05) is 18.9 Å². The van der Waals surface area contributed by atoms with Crippen molar-refractivity contribution in [3.63, 3.8) is 0 Å². The van der Waals surface area contributed by atoms with Crippen LogP contribution in [0.4, 0.5) is 0 Å². The number of methoxy groups -OCH3 is 1. The summed E-state index contributed by atoms with van der Waals surface area (Å²) in [5.74, 6) is 1.47. The van der Waals surface area contributed by atoms with Gasteiger partial charge in [-0.05, 0) is 66.9 Å². The number of rotatable bonds is 9.